The third-order valence-corrected chi connectivity index (χ3v) is 7.16. The predicted molar refractivity (Wildman–Crippen MR) is 118 cm³/mol. The van der Waals surface area contributed by atoms with Crippen LogP contribution >= 0.6 is 34.3 Å². The fourth-order valence-corrected chi connectivity index (χ4v) is 5.35. The van der Waals surface area contributed by atoms with Gasteiger partial charge in [-0.3, -0.25) is 14.5 Å². The van der Waals surface area contributed by atoms with E-state index >= 15 is 0 Å². The van der Waals surface area contributed by atoms with E-state index in [0.717, 1.165) is 15.1 Å². The van der Waals surface area contributed by atoms with Gasteiger partial charge in [-0.2, -0.15) is 0 Å². The van der Waals surface area contributed by atoms with Crippen LogP contribution in [0.5, 0.6) is 0 Å². The molecule has 0 fully saturated rings. The lowest BCUT2D eigenvalue weighted by Gasteiger charge is -2.26. The molecule has 0 aliphatic carbocycles. The third kappa shape index (κ3) is 3.27. The Morgan fingerprint density at radius 1 is 1.31 bits per heavy atom. The third-order valence-electron chi connectivity index (χ3n) is 4.81. The molecular formula is C21H19ClN2O3S2. The second-order valence-corrected chi connectivity index (χ2v) is 10.4. The Kier molecular flexibility index (Phi) is 4.80. The van der Waals surface area contributed by atoms with Gasteiger partial charge < -0.3 is 5.11 Å². The SMILES string of the molecule is Cc1cc2sc(N3C(=O)C(O)=C(C(=O)C(C)(C)C)C3c3cccs3)nc2cc1Cl. The number of carbonyl (C=O) groups excluding carboxylic acids is 2. The number of thiophene rings is 1. The first kappa shape index (κ1) is 20.1. The number of hydrogen-bond donors (Lipinski definition) is 1. The van der Waals surface area contributed by atoms with Crippen LogP contribution in [0.2, 0.25) is 5.02 Å². The molecule has 1 aliphatic rings. The van der Waals surface area contributed by atoms with Crippen LogP contribution in [0.3, 0.4) is 0 Å². The van der Waals surface area contributed by atoms with E-state index in [4.69, 9.17) is 11.6 Å². The summed E-state index contributed by atoms with van der Waals surface area (Å²) in [6.07, 6.45) is 0. The summed E-state index contributed by atoms with van der Waals surface area (Å²) in [5.41, 5.74) is 0.973. The Labute approximate surface area is 181 Å². The Bertz CT molecular complexity index is 1130. The summed E-state index contributed by atoms with van der Waals surface area (Å²) in [5.74, 6) is -1.38. The Morgan fingerprint density at radius 2 is 2.03 bits per heavy atom. The van der Waals surface area contributed by atoms with Gasteiger partial charge in [0.2, 0.25) is 0 Å². The van der Waals surface area contributed by atoms with Crippen LogP contribution in [-0.4, -0.2) is 21.8 Å². The number of hydrogen-bond acceptors (Lipinski definition) is 6. The number of anilines is 1. The number of amides is 1. The number of carbonyl (C=O) groups is 2. The fourth-order valence-electron chi connectivity index (χ4n) is 3.30. The molecule has 1 aliphatic heterocycles. The van der Waals surface area contributed by atoms with Gasteiger partial charge in [0.25, 0.3) is 5.91 Å². The van der Waals surface area contributed by atoms with Crippen molar-refractivity contribution in [2.75, 3.05) is 4.90 Å². The van der Waals surface area contributed by atoms with E-state index in [0.29, 0.717) is 15.7 Å². The molecule has 0 radical (unpaired) electrons. The van der Waals surface area contributed by atoms with E-state index in [1.54, 1.807) is 26.8 Å². The highest BCUT2D eigenvalue weighted by atomic mass is 35.5. The van der Waals surface area contributed by atoms with E-state index in [1.165, 1.54) is 27.6 Å². The van der Waals surface area contributed by atoms with E-state index in [-0.39, 0.29) is 11.4 Å². The van der Waals surface area contributed by atoms with E-state index < -0.39 is 23.1 Å². The summed E-state index contributed by atoms with van der Waals surface area (Å²) >= 11 is 8.99. The van der Waals surface area contributed by atoms with Gasteiger partial charge in [0.1, 0.15) is 6.04 Å². The molecule has 2 aromatic heterocycles. The number of aryl methyl sites for hydroxylation is 1. The minimum Gasteiger partial charge on any atom is -0.503 e. The van der Waals surface area contributed by atoms with Crippen LogP contribution < -0.4 is 4.90 Å². The maximum Gasteiger partial charge on any atom is 0.296 e. The highest BCUT2D eigenvalue weighted by Crippen LogP contribution is 2.46. The zero-order valence-electron chi connectivity index (χ0n) is 16.3. The monoisotopic (exact) mass is 446 g/mol. The lowest BCUT2D eigenvalue weighted by Crippen LogP contribution is -2.32. The number of aromatic nitrogens is 1. The van der Waals surface area contributed by atoms with Crippen molar-refractivity contribution in [2.45, 2.75) is 33.7 Å². The maximum atomic E-state index is 13.1. The summed E-state index contributed by atoms with van der Waals surface area (Å²) in [5, 5.41) is 13.6. The zero-order chi connectivity index (χ0) is 21.1. The number of fused-ring (bicyclic) bond motifs is 1. The number of aliphatic hydroxyl groups excluding tert-OH is 1. The van der Waals surface area contributed by atoms with Gasteiger partial charge >= 0.3 is 0 Å². The molecule has 3 aromatic rings. The van der Waals surface area contributed by atoms with Crippen LogP contribution in [0.1, 0.15) is 37.3 Å². The van der Waals surface area contributed by atoms with Crippen molar-refractivity contribution in [1.82, 2.24) is 4.98 Å². The number of thiazole rings is 1. The normalized spacial score (nSPS) is 17.6. The molecule has 5 nitrogen and oxygen atoms in total. The quantitative estimate of drug-likeness (QED) is 0.549. The average molecular weight is 447 g/mol. The van der Waals surface area contributed by atoms with Crippen molar-refractivity contribution in [3.05, 3.63) is 56.4 Å². The fraction of sp³-hybridized carbons (Fsp3) is 0.286. The molecule has 1 N–H and O–H groups in total. The Hall–Kier alpha value is -2.22. The molecule has 0 bridgehead atoms. The van der Waals surface area contributed by atoms with Crippen LogP contribution in [-0.2, 0) is 9.59 Å². The second-order valence-electron chi connectivity index (χ2n) is 8.00. The Balaban J connectivity index is 1.89. The number of nitrogens with zero attached hydrogens (tertiary/aromatic N) is 2. The molecule has 3 heterocycles. The van der Waals surface area contributed by atoms with Crippen LogP contribution in [0, 0.1) is 12.3 Å². The predicted octanol–water partition coefficient (Wildman–Crippen LogP) is 5.83. The van der Waals surface area contributed by atoms with Gasteiger partial charge in [-0.15, -0.1) is 11.3 Å². The van der Waals surface area contributed by atoms with Gasteiger partial charge in [-0.25, -0.2) is 4.98 Å². The first-order valence-electron chi connectivity index (χ1n) is 9.01. The standard InChI is InChI=1S/C21H19ClN2O3S2/c1-10-8-14-12(9-11(10)22)23-20(29-14)24-16(13-6-5-7-28-13)15(17(25)19(24)27)18(26)21(2,3)4/h5-9,16,25H,1-4H3. The number of Topliss-reactive ketones (excluding diaryl/α,β-unsaturated/α-hetero) is 1. The second kappa shape index (κ2) is 6.93. The minimum atomic E-state index is -0.743. The molecule has 29 heavy (non-hydrogen) atoms. The molecular weight excluding hydrogens is 428 g/mol. The molecule has 1 amide bonds. The summed E-state index contributed by atoms with van der Waals surface area (Å²) < 4.78 is 0.884. The van der Waals surface area contributed by atoms with Crippen LogP contribution in [0.25, 0.3) is 10.2 Å². The van der Waals surface area contributed by atoms with Crippen molar-refractivity contribution in [2.24, 2.45) is 5.41 Å². The molecule has 8 heteroatoms. The minimum absolute atomic E-state index is 0.124. The van der Waals surface area contributed by atoms with Crippen molar-refractivity contribution in [1.29, 1.82) is 0 Å². The molecule has 1 aromatic carbocycles. The first-order valence-corrected chi connectivity index (χ1v) is 11.1. The topological polar surface area (TPSA) is 70.5 Å². The van der Waals surface area contributed by atoms with Crippen molar-refractivity contribution in [3.63, 3.8) is 0 Å². The van der Waals surface area contributed by atoms with Gasteiger partial charge in [0.15, 0.2) is 16.7 Å². The highest BCUT2D eigenvalue weighted by molar-refractivity contribution is 7.22. The molecule has 0 saturated heterocycles. The zero-order valence-corrected chi connectivity index (χ0v) is 18.7. The van der Waals surface area contributed by atoms with Crippen LogP contribution in [0.15, 0.2) is 41.0 Å². The smallest absolute Gasteiger partial charge is 0.296 e. The number of ketones is 1. The van der Waals surface area contributed by atoms with Gasteiger partial charge in [-0.1, -0.05) is 49.8 Å². The van der Waals surface area contributed by atoms with Gasteiger partial charge in [-0.05, 0) is 36.1 Å². The summed E-state index contributed by atoms with van der Waals surface area (Å²) in [7, 11) is 0. The van der Waals surface area contributed by atoms with E-state index in [2.05, 4.69) is 4.98 Å². The molecule has 0 spiro atoms. The number of benzene rings is 1. The molecule has 0 saturated carbocycles. The van der Waals surface area contributed by atoms with Gasteiger partial charge in [0.05, 0.1) is 15.8 Å². The van der Waals surface area contributed by atoms with E-state index in [1.807, 2.05) is 30.5 Å². The maximum absolute atomic E-state index is 13.1. The first-order chi connectivity index (χ1) is 13.6. The molecule has 1 atom stereocenters. The van der Waals surface area contributed by atoms with E-state index in [9.17, 15) is 14.7 Å². The van der Waals surface area contributed by atoms with Crippen molar-refractivity contribution in [3.8, 4) is 0 Å². The molecule has 150 valence electrons. The summed E-state index contributed by atoms with van der Waals surface area (Å²) in [6, 6.07) is 6.71. The lowest BCUT2D eigenvalue weighted by atomic mass is 9.83. The van der Waals surface area contributed by atoms with Crippen molar-refractivity contribution >= 4 is 61.3 Å². The average Bonchev–Trinajstić information content (AvgIpc) is 3.34. The summed E-state index contributed by atoms with van der Waals surface area (Å²) in [6.45, 7) is 7.23. The van der Waals surface area contributed by atoms with Gasteiger partial charge in [0, 0.05) is 15.3 Å². The van der Waals surface area contributed by atoms with Crippen molar-refractivity contribution < 1.29 is 14.7 Å². The Morgan fingerprint density at radius 3 is 2.66 bits per heavy atom. The molecule has 4 rings (SSSR count). The lowest BCUT2D eigenvalue weighted by molar-refractivity contribution is -0.123. The largest absolute Gasteiger partial charge is 0.503 e. The molecule has 1 unspecified atom stereocenters. The summed E-state index contributed by atoms with van der Waals surface area (Å²) in [4.78, 5) is 33.0. The number of halogens is 1. The van der Waals surface area contributed by atoms with Crippen LogP contribution in [0.4, 0.5) is 5.13 Å². The highest BCUT2D eigenvalue weighted by Gasteiger charge is 2.48. The number of aliphatic hydroxyl groups is 1. The number of rotatable bonds is 3.